The van der Waals surface area contributed by atoms with Crippen molar-refractivity contribution < 1.29 is 31.7 Å². The van der Waals surface area contributed by atoms with E-state index in [-0.39, 0.29) is 17.6 Å². The van der Waals surface area contributed by atoms with Gasteiger partial charge in [-0.2, -0.15) is 8.42 Å². The van der Waals surface area contributed by atoms with Gasteiger partial charge in [0.1, 0.15) is 0 Å². The third kappa shape index (κ3) is 1.93. The van der Waals surface area contributed by atoms with Crippen LogP contribution in [0.1, 0.15) is 26.2 Å². The summed E-state index contributed by atoms with van der Waals surface area (Å²) in [6.07, 6.45) is 0.936. The van der Waals surface area contributed by atoms with E-state index in [1.165, 1.54) is 0 Å². The highest BCUT2D eigenvalue weighted by Gasteiger charge is 2.54. The second-order valence-electron chi connectivity index (χ2n) is 4.89. The highest BCUT2D eigenvalue weighted by molar-refractivity contribution is 7.87. The van der Waals surface area contributed by atoms with Gasteiger partial charge < -0.3 is 4.74 Å². The van der Waals surface area contributed by atoms with Crippen molar-refractivity contribution >= 4 is 21.9 Å². The number of carbonyl (C=O) groups is 2. The minimum absolute atomic E-state index is 0.163. The number of halogens is 1. The molecule has 2 saturated carbocycles. The fourth-order valence-electron chi connectivity index (χ4n) is 2.49. The Labute approximate surface area is 103 Å². The molecule has 2 fully saturated rings. The molecule has 2 aliphatic rings. The van der Waals surface area contributed by atoms with E-state index in [9.17, 15) is 22.4 Å². The first kappa shape index (κ1) is 13.4. The SMILES string of the molecule is CC(F)(C(=O)OC1C(=O)C2CCC1C2)S(=O)(=O)O. The summed E-state index contributed by atoms with van der Waals surface area (Å²) in [4.78, 5) is 23.1. The summed E-state index contributed by atoms with van der Waals surface area (Å²) in [5, 5.41) is -3.55. The smallest absolute Gasteiger partial charge is 0.363 e. The van der Waals surface area contributed by atoms with Gasteiger partial charge in [-0.15, -0.1) is 0 Å². The molecule has 0 amide bonds. The number of hydrogen-bond donors (Lipinski definition) is 1. The first-order valence-electron chi connectivity index (χ1n) is 5.55. The van der Waals surface area contributed by atoms with Crippen LogP contribution in [-0.4, -0.2) is 35.8 Å². The largest absolute Gasteiger partial charge is 0.451 e. The van der Waals surface area contributed by atoms with Crippen molar-refractivity contribution in [2.45, 2.75) is 37.3 Å². The number of fused-ring (bicyclic) bond motifs is 2. The lowest BCUT2D eigenvalue weighted by atomic mass is 9.96. The molecule has 2 rings (SSSR count). The van der Waals surface area contributed by atoms with Gasteiger partial charge in [0, 0.05) is 11.8 Å². The first-order valence-corrected chi connectivity index (χ1v) is 6.99. The topological polar surface area (TPSA) is 97.7 Å². The highest BCUT2D eigenvalue weighted by atomic mass is 32.2. The molecule has 0 aromatic heterocycles. The van der Waals surface area contributed by atoms with Gasteiger partial charge >= 0.3 is 21.1 Å². The van der Waals surface area contributed by atoms with Gasteiger partial charge in [-0.1, -0.05) is 0 Å². The van der Waals surface area contributed by atoms with Crippen molar-refractivity contribution in [1.29, 1.82) is 0 Å². The predicted molar refractivity (Wildman–Crippen MR) is 56.8 cm³/mol. The van der Waals surface area contributed by atoms with Crippen molar-refractivity contribution in [3.8, 4) is 0 Å². The molecule has 102 valence electrons. The van der Waals surface area contributed by atoms with Crippen molar-refractivity contribution in [3.05, 3.63) is 0 Å². The summed E-state index contributed by atoms with van der Waals surface area (Å²) in [6, 6.07) is 0. The van der Waals surface area contributed by atoms with Gasteiger partial charge in [0.2, 0.25) is 0 Å². The molecule has 0 radical (unpaired) electrons. The molecule has 2 aliphatic carbocycles. The Kier molecular flexibility index (Phi) is 2.97. The third-order valence-electron chi connectivity index (χ3n) is 3.67. The normalized spacial score (nSPS) is 34.4. The maximum atomic E-state index is 13.6. The average Bonchev–Trinajstić information content (AvgIpc) is 2.80. The molecule has 0 heterocycles. The van der Waals surface area contributed by atoms with Crippen LogP contribution in [0.5, 0.6) is 0 Å². The van der Waals surface area contributed by atoms with Crippen LogP contribution in [0.25, 0.3) is 0 Å². The minimum atomic E-state index is -5.23. The summed E-state index contributed by atoms with van der Waals surface area (Å²) in [6.45, 7) is 0.391. The quantitative estimate of drug-likeness (QED) is 0.596. The molecule has 18 heavy (non-hydrogen) atoms. The third-order valence-corrected chi connectivity index (χ3v) is 4.80. The summed E-state index contributed by atoms with van der Waals surface area (Å²) in [5.74, 6) is -2.37. The van der Waals surface area contributed by atoms with E-state index >= 15 is 0 Å². The molecule has 4 unspecified atom stereocenters. The maximum absolute atomic E-state index is 13.6. The van der Waals surface area contributed by atoms with E-state index in [0.717, 1.165) is 6.42 Å². The van der Waals surface area contributed by atoms with Gasteiger partial charge in [0.15, 0.2) is 11.9 Å². The molecule has 0 aromatic carbocycles. The number of ketones is 1. The van der Waals surface area contributed by atoms with Crippen molar-refractivity contribution in [2.24, 2.45) is 11.8 Å². The lowest BCUT2D eigenvalue weighted by Crippen LogP contribution is -2.44. The number of hydrogen-bond acceptors (Lipinski definition) is 5. The van der Waals surface area contributed by atoms with Crippen LogP contribution in [-0.2, 0) is 24.4 Å². The molecule has 0 spiro atoms. The van der Waals surface area contributed by atoms with Gasteiger partial charge in [-0.3, -0.25) is 9.35 Å². The fourth-order valence-corrected chi connectivity index (χ4v) is 2.75. The Balaban J connectivity index is 2.12. The molecule has 6 nitrogen and oxygen atoms in total. The zero-order chi connectivity index (χ0) is 13.7. The van der Waals surface area contributed by atoms with Crippen LogP contribution in [0, 0.1) is 11.8 Å². The molecule has 1 N–H and O–H groups in total. The van der Waals surface area contributed by atoms with E-state index in [1.54, 1.807) is 0 Å². The lowest BCUT2D eigenvalue weighted by Gasteiger charge is -2.23. The Hall–Kier alpha value is -1.02. The van der Waals surface area contributed by atoms with Gasteiger partial charge in [-0.25, -0.2) is 9.18 Å². The van der Waals surface area contributed by atoms with E-state index in [4.69, 9.17) is 4.55 Å². The highest BCUT2D eigenvalue weighted by Crippen LogP contribution is 2.44. The minimum Gasteiger partial charge on any atom is -0.451 e. The van der Waals surface area contributed by atoms with E-state index in [2.05, 4.69) is 4.74 Å². The lowest BCUT2D eigenvalue weighted by molar-refractivity contribution is -0.164. The molecule has 0 saturated heterocycles. The number of rotatable bonds is 3. The Morgan fingerprint density at radius 1 is 1.50 bits per heavy atom. The molecule has 4 atom stereocenters. The Morgan fingerprint density at radius 3 is 2.56 bits per heavy atom. The van der Waals surface area contributed by atoms with Crippen LogP contribution in [0.4, 0.5) is 4.39 Å². The summed E-state index contributed by atoms with van der Waals surface area (Å²) in [7, 11) is -5.23. The zero-order valence-electron chi connectivity index (χ0n) is 9.63. The van der Waals surface area contributed by atoms with Crippen LogP contribution < -0.4 is 0 Å². The van der Waals surface area contributed by atoms with Gasteiger partial charge in [0.05, 0.1) is 0 Å². The van der Waals surface area contributed by atoms with Gasteiger partial charge in [0.25, 0.3) is 0 Å². The fraction of sp³-hybridized carbons (Fsp3) is 0.800. The molecule has 2 bridgehead atoms. The first-order chi connectivity index (χ1) is 8.14. The second-order valence-corrected chi connectivity index (χ2v) is 6.61. The molecule has 0 aliphatic heterocycles. The van der Waals surface area contributed by atoms with Crippen LogP contribution in [0.15, 0.2) is 0 Å². The number of Topliss-reactive ketones (excluding diaryl/α,β-unsaturated/α-hetero) is 1. The summed E-state index contributed by atoms with van der Waals surface area (Å²) >= 11 is 0. The molecule has 0 aromatic rings. The monoisotopic (exact) mass is 280 g/mol. The van der Waals surface area contributed by atoms with Crippen molar-refractivity contribution in [1.82, 2.24) is 0 Å². The summed E-state index contributed by atoms with van der Waals surface area (Å²) in [5.41, 5.74) is 0. The Bertz CT molecular complexity index is 496. The van der Waals surface area contributed by atoms with Gasteiger partial charge in [-0.05, 0) is 26.2 Å². The van der Waals surface area contributed by atoms with Crippen LogP contribution >= 0.6 is 0 Å². The predicted octanol–water partition coefficient (Wildman–Crippen LogP) is 0.471. The number of ether oxygens (including phenoxy) is 1. The van der Waals surface area contributed by atoms with Crippen LogP contribution in [0.3, 0.4) is 0 Å². The number of alkyl halides is 1. The second kappa shape index (κ2) is 3.99. The van der Waals surface area contributed by atoms with Crippen LogP contribution in [0.2, 0.25) is 0 Å². The van der Waals surface area contributed by atoms with E-state index in [1.807, 2.05) is 0 Å². The van der Waals surface area contributed by atoms with E-state index in [0.29, 0.717) is 19.8 Å². The van der Waals surface area contributed by atoms with Crippen molar-refractivity contribution in [3.63, 3.8) is 0 Å². The standard InChI is InChI=1S/C10H13FO6S/c1-10(11,18(14,15)16)9(13)17-8-6-3-2-5(4-6)7(8)12/h5-6,8H,2-4H2,1H3,(H,14,15,16). The maximum Gasteiger partial charge on any atom is 0.363 e. The molecular formula is C10H13FO6S. The molecular weight excluding hydrogens is 267 g/mol. The zero-order valence-corrected chi connectivity index (χ0v) is 10.4. The number of esters is 1. The molecule has 8 heteroatoms. The average molecular weight is 280 g/mol. The summed E-state index contributed by atoms with van der Waals surface area (Å²) < 4.78 is 48.2. The van der Waals surface area contributed by atoms with E-state index < -0.39 is 27.2 Å². The number of carbonyl (C=O) groups excluding carboxylic acids is 2. The Morgan fingerprint density at radius 2 is 2.11 bits per heavy atom. The van der Waals surface area contributed by atoms with Crippen molar-refractivity contribution in [2.75, 3.05) is 0 Å².